The molecule has 1 saturated heterocycles. The van der Waals surface area contributed by atoms with E-state index in [4.69, 9.17) is 5.73 Å². The highest BCUT2D eigenvalue weighted by Crippen LogP contribution is 2.28. The maximum atomic E-state index is 12.5. The number of benzene rings is 2. The Bertz CT molecular complexity index is 1360. The SMILES string of the molecule is Nc1ncc2ccc(C#CC3CC3)cc2c1C#Cc1ccc(C(=O)NCCCN2CCCCC2)cc1. The molecule has 0 radical (unpaired) electrons. The van der Waals surface area contributed by atoms with E-state index in [2.05, 4.69) is 38.9 Å². The van der Waals surface area contributed by atoms with Gasteiger partial charge in [-0.2, -0.15) is 0 Å². The third-order valence-corrected chi connectivity index (χ3v) is 6.78. The second-order valence-electron chi connectivity index (χ2n) is 9.70. The molecule has 1 aromatic heterocycles. The summed E-state index contributed by atoms with van der Waals surface area (Å²) in [4.78, 5) is 19.3. The van der Waals surface area contributed by atoms with Gasteiger partial charge < -0.3 is 16.0 Å². The predicted octanol–water partition coefficient (Wildman–Crippen LogP) is 4.58. The number of carbonyl (C=O) groups excluding carboxylic acids is 1. The molecule has 2 fully saturated rings. The van der Waals surface area contributed by atoms with Crippen molar-refractivity contribution >= 4 is 22.5 Å². The minimum absolute atomic E-state index is 0.0458. The molecule has 1 aliphatic carbocycles. The van der Waals surface area contributed by atoms with E-state index < -0.39 is 0 Å². The van der Waals surface area contributed by atoms with Crippen LogP contribution >= 0.6 is 0 Å². The molecule has 2 aromatic carbocycles. The van der Waals surface area contributed by atoms with Crippen molar-refractivity contribution in [3.05, 3.63) is 70.9 Å². The van der Waals surface area contributed by atoms with Gasteiger partial charge in [0.1, 0.15) is 5.82 Å². The van der Waals surface area contributed by atoms with E-state index in [0.29, 0.717) is 29.4 Å². The molecule has 5 rings (SSSR count). The maximum Gasteiger partial charge on any atom is 0.251 e. The van der Waals surface area contributed by atoms with Crippen molar-refractivity contribution in [2.75, 3.05) is 31.9 Å². The van der Waals surface area contributed by atoms with Crippen LogP contribution < -0.4 is 11.1 Å². The number of nitrogens with two attached hydrogens (primary N) is 1. The fourth-order valence-corrected chi connectivity index (χ4v) is 4.48. The van der Waals surface area contributed by atoms with Crippen molar-refractivity contribution < 1.29 is 4.79 Å². The normalized spacial score (nSPS) is 15.4. The van der Waals surface area contributed by atoms with Gasteiger partial charge in [-0.15, -0.1) is 0 Å². The number of nitrogens with zero attached hydrogens (tertiary/aromatic N) is 2. The van der Waals surface area contributed by atoms with Gasteiger partial charge in [0.25, 0.3) is 5.91 Å². The average molecular weight is 477 g/mol. The van der Waals surface area contributed by atoms with E-state index in [1.807, 2.05) is 42.5 Å². The maximum absolute atomic E-state index is 12.5. The number of carbonyl (C=O) groups is 1. The fourth-order valence-electron chi connectivity index (χ4n) is 4.48. The Morgan fingerprint density at radius 3 is 2.56 bits per heavy atom. The number of hydrogen-bond acceptors (Lipinski definition) is 4. The number of amides is 1. The van der Waals surface area contributed by atoms with E-state index in [-0.39, 0.29) is 5.91 Å². The summed E-state index contributed by atoms with van der Waals surface area (Å²) in [6.07, 6.45) is 9.08. The number of anilines is 1. The molecule has 0 spiro atoms. The molecule has 2 heterocycles. The summed E-state index contributed by atoms with van der Waals surface area (Å²) >= 11 is 0. The Morgan fingerprint density at radius 1 is 1.00 bits per heavy atom. The lowest BCUT2D eigenvalue weighted by Gasteiger charge is -2.26. The molecular weight excluding hydrogens is 444 g/mol. The third kappa shape index (κ3) is 6.25. The minimum Gasteiger partial charge on any atom is -0.383 e. The summed E-state index contributed by atoms with van der Waals surface area (Å²) in [5, 5.41) is 4.97. The van der Waals surface area contributed by atoms with Crippen LogP contribution in [0.2, 0.25) is 0 Å². The van der Waals surface area contributed by atoms with Crippen molar-refractivity contribution in [1.29, 1.82) is 0 Å². The number of piperidine rings is 1. The Balaban J connectivity index is 1.23. The minimum atomic E-state index is -0.0458. The number of nitrogens with one attached hydrogen (secondary N) is 1. The highest BCUT2D eigenvalue weighted by Gasteiger charge is 2.17. The van der Waals surface area contributed by atoms with Crippen LogP contribution in [0.5, 0.6) is 0 Å². The van der Waals surface area contributed by atoms with Crippen molar-refractivity contribution in [2.45, 2.75) is 38.5 Å². The van der Waals surface area contributed by atoms with Gasteiger partial charge in [-0.3, -0.25) is 4.79 Å². The summed E-state index contributed by atoms with van der Waals surface area (Å²) < 4.78 is 0. The molecule has 5 nitrogen and oxygen atoms in total. The van der Waals surface area contributed by atoms with Gasteiger partial charge in [-0.25, -0.2) is 4.98 Å². The van der Waals surface area contributed by atoms with E-state index >= 15 is 0 Å². The summed E-state index contributed by atoms with van der Waals surface area (Å²) in [5.41, 5.74) is 9.33. The predicted molar refractivity (Wildman–Crippen MR) is 145 cm³/mol. The van der Waals surface area contributed by atoms with Crippen LogP contribution in [0, 0.1) is 29.6 Å². The van der Waals surface area contributed by atoms with Crippen LogP contribution in [0.1, 0.15) is 65.6 Å². The molecule has 0 unspecified atom stereocenters. The van der Waals surface area contributed by atoms with Gasteiger partial charge in [0.15, 0.2) is 0 Å². The molecule has 3 N–H and O–H groups in total. The Morgan fingerprint density at radius 2 is 1.78 bits per heavy atom. The molecule has 3 aromatic rings. The van der Waals surface area contributed by atoms with E-state index in [9.17, 15) is 4.79 Å². The average Bonchev–Trinajstić information content (AvgIpc) is 3.75. The van der Waals surface area contributed by atoms with Gasteiger partial charge in [-0.1, -0.05) is 36.2 Å². The number of pyridine rings is 1. The number of hydrogen-bond donors (Lipinski definition) is 2. The Kier molecular flexibility index (Phi) is 7.50. The van der Waals surface area contributed by atoms with Gasteiger partial charge in [0.05, 0.1) is 5.56 Å². The van der Waals surface area contributed by atoms with E-state index in [0.717, 1.165) is 34.9 Å². The Labute approximate surface area is 213 Å². The molecule has 1 saturated carbocycles. The fraction of sp³-hybridized carbons (Fsp3) is 0.355. The van der Waals surface area contributed by atoms with Crippen LogP contribution in [0.4, 0.5) is 5.82 Å². The summed E-state index contributed by atoms with van der Waals surface area (Å²) in [7, 11) is 0. The topological polar surface area (TPSA) is 71.2 Å². The van der Waals surface area contributed by atoms with Gasteiger partial charge >= 0.3 is 0 Å². The van der Waals surface area contributed by atoms with Crippen LogP contribution in [0.3, 0.4) is 0 Å². The zero-order valence-electron chi connectivity index (χ0n) is 20.6. The molecule has 182 valence electrons. The second kappa shape index (κ2) is 11.3. The van der Waals surface area contributed by atoms with Gasteiger partial charge in [-0.05, 0) is 88.1 Å². The van der Waals surface area contributed by atoms with Crippen molar-refractivity contribution in [3.63, 3.8) is 0 Å². The van der Waals surface area contributed by atoms with Crippen LogP contribution in [-0.2, 0) is 0 Å². The Hall–Kier alpha value is -3.80. The van der Waals surface area contributed by atoms with Crippen molar-refractivity contribution in [2.24, 2.45) is 5.92 Å². The quantitative estimate of drug-likeness (QED) is 0.418. The number of rotatable bonds is 5. The van der Waals surface area contributed by atoms with Gasteiger partial charge in [0, 0.05) is 46.1 Å². The van der Waals surface area contributed by atoms with Crippen LogP contribution in [-0.4, -0.2) is 42.0 Å². The summed E-state index contributed by atoms with van der Waals surface area (Å²) in [6.45, 7) is 4.12. The first-order valence-corrected chi connectivity index (χ1v) is 13.0. The summed E-state index contributed by atoms with van der Waals surface area (Å²) in [6, 6.07) is 13.5. The molecule has 0 bridgehead atoms. The first kappa shape index (κ1) is 23.9. The third-order valence-electron chi connectivity index (χ3n) is 6.78. The molecule has 0 atom stereocenters. The van der Waals surface area contributed by atoms with Crippen LogP contribution in [0.25, 0.3) is 10.8 Å². The molecular formula is C31H32N4O. The smallest absolute Gasteiger partial charge is 0.251 e. The lowest BCUT2D eigenvalue weighted by atomic mass is 10.0. The number of nitrogen functional groups attached to an aromatic ring is 1. The van der Waals surface area contributed by atoms with Gasteiger partial charge in [0.2, 0.25) is 0 Å². The highest BCUT2D eigenvalue weighted by atomic mass is 16.1. The van der Waals surface area contributed by atoms with E-state index in [1.54, 1.807) is 6.20 Å². The standard InChI is InChI=1S/C31H32N4O/c32-30-28(29-21-25(8-7-23-5-6-23)11-15-27(29)22-34-30)16-12-24-9-13-26(14-10-24)31(36)33-17-4-20-35-18-2-1-3-19-35/h9-11,13-15,21-23H,1-6,17-20H2,(H2,32,34)(H,33,36). The molecule has 1 amide bonds. The molecule has 36 heavy (non-hydrogen) atoms. The zero-order chi connectivity index (χ0) is 24.7. The summed E-state index contributed by atoms with van der Waals surface area (Å²) in [5.74, 6) is 13.9. The van der Waals surface area contributed by atoms with Crippen molar-refractivity contribution in [1.82, 2.24) is 15.2 Å². The van der Waals surface area contributed by atoms with Crippen molar-refractivity contribution in [3.8, 4) is 23.7 Å². The monoisotopic (exact) mass is 476 g/mol. The zero-order valence-corrected chi connectivity index (χ0v) is 20.6. The lowest BCUT2D eigenvalue weighted by Crippen LogP contribution is -2.33. The lowest BCUT2D eigenvalue weighted by molar-refractivity contribution is 0.0951. The number of fused-ring (bicyclic) bond motifs is 1. The molecule has 2 aliphatic rings. The van der Waals surface area contributed by atoms with Crippen LogP contribution in [0.15, 0.2) is 48.7 Å². The van der Waals surface area contributed by atoms with E-state index in [1.165, 1.54) is 45.2 Å². The second-order valence-corrected chi connectivity index (χ2v) is 9.70. The first-order chi connectivity index (χ1) is 17.7. The number of likely N-dealkylation sites (tertiary alicyclic amines) is 1. The largest absolute Gasteiger partial charge is 0.383 e. The number of aromatic nitrogens is 1. The molecule has 5 heteroatoms. The molecule has 1 aliphatic heterocycles. The highest BCUT2D eigenvalue weighted by molar-refractivity contribution is 5.94. The first-order valence-electron chi connectivity index (χ1n) is 13.0.